The van der Waals surface area contributed by atoms with Crippen molar-refractivity contribution in [3.8, 4) is 5.75 Å². The average Bonchev–Trinajstić information content (AvgIpc) is 2.46. The summed E-state index contributed by atoms with van der Waals surface area (Å²) in [7, 11) is 1.68. The van der Waals surface area contributed by atoms with Gasteiger partial charge in [-0.05, 0) is 48.4 Å². The summed E-state index contributed by atoms with van der Waals surface area (Å²) in [4.78, 5) is 4.16. The highest BCUT2D eigenvalue weighted by atomic mass is 16.5. The van der Waals surface area contributed by atoms with Crippen molar-refractivity contribution in [2.24, 2.45) is 0 Å². The van der Waals surface area contributed by atoms with Crippen LogP contribution in [0.2, 0.25) is 0 Å². The Hall–Kier alpha value is -1.87. The van der Waals surface area contributed by atoms with E-state index in [0.717, 1.165) is 12.3 Å². The minimum absolute atomic E-state index is 0.193. The number of aromatic nitrogens is 1. The second-order valence-electron chi connectivity index (χ2n) is 4.50. The van der Waals surface area contributed by atoms with Gasteiger partial charge in [0.1, 0.15) is 5.75 Å². The van der Waals surface area contributed by atoms with E-state index >= 15 is 0 Å². The molecule has 0 saturated carbocycles. The van der Waals surface area contributed by atoms with Crippen LogP contribution in [-0.2, 0) is 0 Å². The Kier molecular flexibility index (Phi) is 4.53. The maximum absolute atomic E-state index is 5.21. The lowest BCUT2D eigenvalue weighted by Gasteiger charge is -2.20. The molecule has 3 nitrogen and oxygen atoms in total. The largest absolute Gasteiger partial charge is 0.497 e. The lowest BCUT2D eigenvalue weighted by molar-refractivity contribution is 0.414. The molecule has 0 saturated heterocycles. The minimum Gasteiger partial charge on any atom is -0.497 e. The van der Waals surface area contributed by atoms with E-state index in [2.05, 4.69) is 42.3 Å². The number of nitrogens with zero attached hydrogens (tertiary/aromatic N) is 1. The molecule has 0 radical (unpaired) electrons. The number of hydrogen-bond donors (Lipinski definition) is 1. The molecule has 100 valence electrons. The van der Waals surface area contributed by atoms with Crippen LogP contribution in [0.15, 0.2) is 42.7 Å². The average molecular weight is 256 g/mol. The van der Waals surface area contributed by atoms with E-state index in [1.807, 2.05) is 24.5 Å². The number of hydrogen-bond acceptors (Lipinski definition) is 3. The fourth-order valence-electron chi connectivity index (χ4n) is 2.22. The van der Waals surface area contributed by atoms with Gasteiger partial charge in [-0.1, -0.05) is 19.1 Å². The zero-order chi connectivity index (χ0) is 13.7. The van der Waals surface area contributed by atoms with Crippen LogP contribution in [-0.4, -0.2) is 18.6 Å². The quantitative estimate of drug-likeness (QED) is 0.892. The van der Waals surface area contributed by atoms with Crippen molar-refractivity contribution in [2.45, 2.75) is 19.9 Å². The molecule has 0 fully saturated rings. The Morgan fingerprint density at radius 1 is 1.21 bits per heavy atom. The highest BCUT2D eigenvalue weighted by molar-refractivity contribution is 5.37. The van der Waals surface area contributed by atoms with Crippen molar-refractivity contribution in [3.05, 3.63) is 59.4 Å². The Balaban J connectivity index is 2.36. The SMILES string of the molecule is CCNC(c1ccc(OC)cc1)c1ccncc1C. The van der Waals surface area contributed by atoms with Gasteiger partial charge >= 0.3 is 0 Å². The summed E-state index contributed by atoms with van der Waals surface area (Å²) >= 11 is 0. The molecular formula is C16H20N2O. The van der Waals surface area contributed by atoms with Crippen LogP contribution >= 0.6 is 0 Å². The Labute approximate surface area is 114 Å². The maximum Gasteiger partial charge on any atom is 0.118 e. The van der Waals surface area contributed by atoms with Gasteiger partial charge in [0.2, 0.25) is 0 Å². The van der Waals surface area contributed by atoms with Gasteiger partial charge in [-0.3, -0.25) is 4.98 Å². The van der Waals surface area contributed by atoms with Crippen molar-refractivity contribution in [2.75, 3.05) is 13.7 Å². The monoisotopic (exact) mass is 256 g/mol. The van der Waals surface area contributed by atoms with E-state index in [0.29, 0.717) is 0 Å². The number of aryl methyl sites for hydroxylation is 1. The first kappa shape index (κ1) is 13.6. The number of rotatable bonds is 5. The third kappa shape index (κ3) is 3.12. The molecule has 0 aliphatic heterocycles. The molecule has 2 rings (SSSR count). The topological polar surface area (TPSA) is 34.1 Å². The Bertz CT molecular complexity index is 523. The van der Waals surface area contributed by atoms with Gasteiger partial charge in [0.25, 0.3) is 0 Å². The summed E-state index contributed by atoms with van der Waals surface area (Å²) in [5.74, 6) is 0.880. The molecule has 1 aromatic carbocycles. The first-order valence-electron chi connectivity index (χ1n) is 6.54. The van der Waals surface area contributed by atoms with Gasteiger partial charge in [0, 0.05) is 12.4 Å². The minimum atomic E-state index is 0.193. The second-order valence-corrected chi connectivity index (χ2v) is 4.50. The van der Waals surface area contributed by atoms with Gasteiger partial charge < -0.3 is 10.1 Å². The molecule has 0 amide bonds. The summed E-state index contributed by atoms with van der Waals surface area (Å²) in [6.07, 6.45) is 3.75. The summed E-state index contributed by atoms with van der Waals surface area (Å²) in [5, 5.41) is 3.52. The summed E-state index contributed by atoms with van der Waals surface area (Å²) in [6.45, 7) is 5.13. The number of nitrogens with one attached hydrogen (secondary N) is 1. The number of methoxy groups -OCH3 is 1. The van der Waals surface area contributed by atoms with E-state index in [-0.39, 0.29) is 6.04 Å². The lowest BCUT2D eigenvalue weighted by atomic mass is 9.96. The van der Waals surface area contributed by atoms with Gasteiger partial charge in [0.05, 0.1) is 13.2 Å². The third-order valence-electron chi connectivity index (χ3n) is 3.23. The van der Waals surface area contributed by atoms with Crippen LogP contribution < -0.4 is 10.1 Å². The van der Waals surface area contributed by atoms with Gasteiger partial charge in [-0.25, -0.2) is 0 Å². The standard InChI is InChI=1S/C16H20N2O/c1-4-18-16(15-9-10-17-11-12(15)2)13-5-7-14(19-3)8-6-13/h5-11,16,18H,4H2,1-3H3. The van der Waals surface area contributed by atoms with Gasteiger partial charge in [-0.2, -0.15) is 0 Å². The summed E-state index contributed by atoms with van der Waals surface area (Å²) < 4.78 is 5.21. The molecule has 3 heteroatoms. The molecule has 0 spiro atoms. The van der Waals surface area contributed by atoms with Crippen molar-refractivity contribution in [1.82, 2.24) is 10.3 Å². The molecule has 0 aliphatic rings. The maximum atomic E-state index is 5.21. The fourth-order valence-corrected chi connectivity index (χ4v) is 2.22. The van der Waals surface area contributed by atoms with E-state index in [1.165, 1.54) is 16.7 Å². The van der Waals surface area contributed by atoms with Crippen LogP contribution in [0.3, 0.4) is 0 Å². The zero-order valence-corrected chi connectivity index (χ0v) is 11.7. The molecular weight excluding hydrogens is 236 g/mol. The molecule has 19 heavy (non-hydrogen) atoms. The number of ether oxygens (including phenoxy) is 1. The predicted molar refractivity (Wildman–Crippen MR) is 77.5 cm³/mol. The summed E-state index contributed by atoms with van der Waals surface area (Å²) in [6, 6.07) is 10.5. The highest BCUT2D eigenvalue weighted by Gasteiger charge is 2.14. The molecule has 1 heterocycles. The molecule has 1 atom stereocenters. The van der Waals surface area contributed by atoms with E-state index in [9.17, 15) is 0 Å². The van der Waals surface area contributed by atoms with Crippen molar-refractivity contribution in [3.63, 3.8) is 0 Å². The van der Waals surface area contributed by atoms with Crippen LogP contribution in [0.25, 0.3) is 0 Å². The molecule has 0 aliphatic carbocycles. The van der Waals surface area contributed by atoms with Crippen molar-refractivity contribution < 1.29 is 4.74 Å². The number of benzene rings is 1. The van der Waals surface area contributed by atoms with Gasteiger partial charge in [-0.15, -0.1) is 0 Å². The lowest BCUT2D eigenvalue weighted by Crippen LogP contribution is -2.22. The normalized spacial score (nSPS) is 12.2. The molecule has 0 bridgehead atoms. The summed E-state index contributed by atoms with van der Waals surface area (Å²) in [5.41, 5.74) is 3.70. The van der Waals surface area contributed by atoms with Gasteiger partial charge in [0.15, 0.2) is 0 Å². The molecule has 1 aromatic heterocycles. The highest BCUT2D eigenvalue weighted by Crippen LogP contribution is 2.25. The first-order valence-corrected chi connectivity index (χ1v) is 6.54. The Morgan fingerprint density at radius 3 is 2.53 bits per heavy atom. The van der Waals surface area contributed by atoms with Crippen molar-refractivity contribution in [1.29, 1.82) is 0 Å². The molecule has 1 unspecified atom stereocenters. The fraction of sp³-hybridized carbons (Fsp3) is 0.312. The van der Waals surface area contributed by atoms with Crippen LogP contribution in [0, 0.1) is 6.92 Å². The zero-order valence-electron chi connectivity index (χ0n) is 11.7. The predicted octanol–water partition coefficient (Wildman–Crippen LogP) is 3.10. The first-order chi connectivity index (χ1) is 9.26. The van der Waals surface area contributed by atoms with Crippen LogP contribution in [0.5, 0.6) is 5.75 Å². The van der Waals surface area contributed by atoms with Crippen LogP contribution in [0.4, 0.5) is 0 Å². The van der Waals surface area contributed by atoms with E-state index in [1.54, 1.807) is 7.11 Å². The smallest absolute Gasteiger partial charge is 0.118 e. The third-order valence-corrected chi connectivity index (χ3v) is 3.23. The number of pyridine rings is 1. The Morgan fingerprint density at radius 2 is 1.95 bits per heavy atom. The second kappa shape index (κ2) is 6.34. The van der Waals surface area contributed by atoms with Crippen molar-refractivity contribution >= 4 is 0 Å². The van der Waals surface area contributed by atoms with Crippen LogP contribution in [0.1, 0.15) is 29.7 Å². The molecule has 1 N–H and O–H groups in total. The van der Waals surface area contributed by atoms with E-state index < -0.39 is 0 Å². The van der Waals surface area contributed by atoms with E-state index in [4.69, 9.17) is 4.74 Å². The molecule has 2 aromatic rings.